The fourth-order valence-electron chi connectivity index (χ4n) is 2.96. The molecule has 0 saturated heterocycles. The van der Waals surface area contributed by atoms with Crippen LogP contribution in [-0.4, -0.2) is 5.91 Å². The Hall–Kier alpha value is -2.14. The zero-order chi connectivity index (χ0) is 19.4. The van der Waals surface area contributed by atoms with Gasteiger partial charge in [-0.05, 0) is 84.2 Å². The van der Waals surface area contributed by atoms with Crippen LogP contribution in [0.2, 0.25) is 0 Å². The molecule has 0 fully saturated rings. The number of hydrogen-bond donors (Lipinski definition) is 1. The second-order valence-corrected chi connectivity index (χ2v) is 8.56. The zero-order valence-corrected chi connectivity index (χ0v) is 18.1. The summed E-state index contributed by atoms with van der Waals surface area (Å²) in [6.45, 7) is 6.00. The molecular weight excluding hydrogens is 445 g/mol. The maximum atomic E-state index is 12.9. The molecular formula is C24H24INO. The van der Waals surface area contributed by atoms with Crippen LogP contribution in [0.1, 0.15) is 36.1 Å². The second-order valence-electron chi connectivity index (χ2n) is 7.40. The Kier molecular flexibility index (Phi) is 6.00. The van der Waals surface area contributed by atoms with Crippen LogP contribution in [0, 0.1) is 10.5 Å². The van der Waals surface area contributed by atoms with E-state index in [0.29, 0.717) is 0 Å². The van der Waals surface area contributed by atoms with Crippen LogP contribution in [0.4, 0.5) is 5.69 Å². The molecule has 2 nitrogen and oxygen atoms in total. The molecule has 0 unspecified atom stereocenters. The van der Waals surface area contributed by atoms with Crippen molar-refractivity contribution in [1.82, 2.24) is 0 Å². The van der Waals surface area contributed by atoms with Gasteiger partial charge in [-0.1, -0.05) is 60.7 Å². The van der Waals surface area contributed by atoms with Gasteiger partial charge in [0.25, 0.3) is 0 Å². The van der Waals surface area contributed by atoms with Crippen LogP contribution < -0.4 is 5.32 Å². The topological polar surface area (TPSA) is 29.1 Å². The molecule has 138 valence electrons. The number of rotatable bonds is 5. The minimum atomic E-state index is -0.610. The summed E-state index contributed by atoms with van der Waals surface area (Å²) in [7, 11) is 0. The first-order valence-electron chi connectivity index (χ1n) is 9.07. The van der Waals surface area contributed by atoms with Gasteiger partial charge in [-0.3, -0.25) is 4.79 Å². The van der Waals surface area contributed by atoms with E-state index in [9.17, 15) is 4.79 Å². The van der Waals surface area contributed by atoms with E-state index in [1.165, 1.54) is 16.7 Å². The van der Waals surface area contributed by atoms with Crippen LogP contribution in [0.5, 0.6) is 0 Å². The molecule has 0 atom stereocenters. The average Bonchev–Trinajstić information content (AvgIpc) is 2.66. The summed E-state index contributed by atoms with van der Waals surface area (Å²) in [5.41, 5.74) is 4.98. The molecule has 0 radical (unpaired) electrons. The first-order chi connectivity index (χ1) is 12.9. The van der Waals surface area contributed by atoms with Crippen molar-refractivity contribution in [3.63, 3.8) is 0 Å². The maximum Gasteiger partial charge on any atom is 0.234 e. The standard InChI is InChI=1S/C24H24INO/c1-17-9-14-21(16-22(17)25)26-23(27)24(2,3)20-12-10-19(11-13-20)15-18-7-5-4-6-8-18/h4-14,16H,15H2,1-3H3,(H,26,27). The molecule has 0 spiro atoms. The molecule has 0 aliphatic heterocycles. The fraction of sp³-hybridized carbons (Fsp3) is 0.208. The van der Waals surface area contributed by atoms with Gasteiger partial charge in [-0.15, -0.1) is 0 Å². The molecule has 3 aromatic carbocycles. The lowest BCUT2D eigenvalue weighted by Gasteiger charge is -2.24. The van der Waals surface area contributed by atoms with Crippen molar-refractivity contribution in [3.8, 4) is 0 Å². The molecule has 1 N–H and O–H groups in total. The summed E-state index contributed by atoms with van der Waals surface area (Å²) in [6, 6.07) is 24.8. The van der Waals surface area contributed by atoms with Crippen molar-refractivity contribution in [2.75, 3.05) is 5.32 Å². The Morgan fingerprint density at radius 1 is 0.926 bits per heavy atom. The summed E-state index contributed by atoms with van der Waals surface area (Å²) >= 11 is 2.29. The Morgan fingerprint density at radius 2 is 1.56 bits per heavy atom. The minimum absolute atomic E-state index is 0.00189. The first kappa shape index (κ1) is 19.6. The first-order valence-corrected chi connectivity index (χ1v) is 10.1. The third-order valence-corrected chi connectivity index (χ3v) is 6.09. The SMILES string of the molecule is Cc1ccc(NC(=O)C(C)(C)c2ccc(Cc3ccccc3)cc2)cc1I. The van der Waals surface area contributed by atoms with Gasteiger partial charge in [0.2, 0.25) is 5.91 Å². The molecule has 0 aliphatic carbocycles. The molecule has 0 aromatic heterocycles. The van der Waals surface area contributed by atoms with Crippen LogP contribution in [0.15, 0.2) is 72.8 Å². The monoisotopic (exact) mass is 469 g/mol. The van der Waals surface area contributed by atoms with Gasteiger partial charge < -0.3 is 5.32 Å². The highest BCUT2D eigenvalue weighted by Gasteiger charge is 2.29. The van der Waals surface area contributed by atoms with E-state index < -0.39 is 5.41 Å². The smallest absolute Gasteiger partial charge is 0.234 e. The number of nitrogens with one attached hydrogen (secondary N) is 1. The van der Waals surface area contributed by atoms with Crippen molar-refractivity contribution in [3.05, 3.63) is 98.6 Å². The van der Waals surface area contributed by atoms with E-state index in [1.807, 2.05) is 38.1 Å². The van der Waals surface area contributed by atoms with E-state index in [4.69, 9.17) is 0 Å². The van der Waals surface area contributed by atoms with E-state index in [2.05, 4.69) is 83.4 Å². The van der Waals surface area contributed by atoms with E-state index in [-0.39, 0.29) is 5.91 Å². The number of benzene rings is 3. The largest absolute Gasteiger partial charge is 0.325 e. The number of carbonyl (C=O) groups excluding carboxylic acids is 1. The van der Waals surface area contributed by atoms with Crippen molar-refractivity contribution in [2.45, 2.75) is 32.6 Å². The summed E-state index contributed by atoms with van der Waals surface area (Å²) < 4.78 is 1.15. The highest BCUT2D eigenvalue weighted by molar-refractivity contribution is 14.1. The Morgan fingerprint density at radius 3 is 2.19 bits per heavy atom. The van der Waals surface area contributed by atoms with Crippen LogP contribution >= 0.6 is 22.6 Å². The lowest BCUT2D eigenvalue weighted by Crippen LogP contribution is -2.34. The summed E-state index contributed by atoms with van der Waals surface area (Å²) in [4.78, 5) is 12.9. The Balaban J connectivity index is 1.73. The van der Waals surface area contributed by atoms with E-state index >= 15 is 0 Å². The van der Waals surface area contributed by atoms with Crippen molar-refractivity contribution in [1.29, 1.82) is 0 Å². The number of halogens is 1. The van der Waals surface area contributed by atoms with Crippen molar-refractivity contribution < 1.29 is 4.79 Å². The molecule has 3 aromatic rings. The molecule has 1 amide bonds. The van der Waals surface area contributed by atoms with Gasteiger partial charge in [0.15, 0.2) is 0 Å². The van der Waals surface area contributed by atoms with E-state index in [1.54, 1.807) is 0 Å². The molecule has 3 heteroatoms. The molecule has 27 heavy (non-hydrogen) atoms. The summed E-state index contributed by atoms with van der Waals surface area (Å²) in [6.07, 6.45) is 0.898. The summed E-state index contributed by atoms with van der Waals surface area (Å²) in [5.74, 6) is -0.00189. The highest BCUT2D eigenvalue weighted by Crippen LogP contribution is 2.27. The van der Waals surface area contributed by atoms with Crippen LogP contribution in [0.25, 0.3) is 0 Å². The predicted octanol–water partition coefficient (Wildman–Crippen LogP) is 6.11. The number of amides is 1. The van der Waals surface area contributed by atoms with Gasteiger partial charge in [0.05, 0.1) is 5.41 Å². The maximum absolute atomic E-state index is 12.9. The van der Waals surface area contributed by atoms with Crippen molar-refractivity contribution in [2.24, 2.45) is 0 Å². The number of aryl methyl sites for hydroxylation is 1. The highest BCUT2D eigenvalue weighted by atomic mass is 127. The van der Waals surface area contributed by atoms with Gasteiger partial charge >= 0.3 is 0 Å². The van der Waals surface area contributed by atoms with Crippen LogP contribution in [0.3, 0.4) is 0 Å². The Labute approximate surface area is 175 Å². The van der Waals surface area contributed by atoms with Gasteiger partial charge in [0, 0.05) is 9.26 Å². The molecule has 0 heterocycles. The molecule has 3 rings (SSSR count). The van der Waals surface area contributed by atoms with Crippen molar-refractivity contribution >= 4 is 34.2 Å². The number of anilines is 1. The van der Waals surface area contributed by atoms with Gasteiger partial charge in [0.1, 0.15) is 0 Å². The lowest BCUT2D eigenvalue weighted by atomic mass is 9.83. The normalized spacial score (nSPS) is 11.3. The second kappa shape index (κ2) is 8.26. The lowest BCUT2D eigenvalue weighted by molar-refractivity contribution is -0.120. The predicted molar refractivity (Wildman–Crippen MR) is 121 cm³/mol. The Bertz CT molecular complexity index is 930. The van der Waals surface area contributed by atoms with Gasteiger partial charge in [-0.2, -0.15) is 0 Å². The van der Waals surface area contributed by atoms with E-state index in [0.717, 1.165) is 21.2 Å². The third kappa shape index (κ3) is 4.78. The zero-order valence-electron chi connectivity index (χ0n) is 15.9. The molecule has 0 bridgehead atoms. The average molecular weight is 469 g/mol. The summed E-state index contributed by atoms with van der Waals surface area (Å²) in [5, 5.41) is 3.06. The molecule has 0 aliphatic rings. The number of carbonyl (C=O) groups is 1. The van der Waals surface area contributed by atoms with Crippen LogP contribution in [-0.2, 0) is 16.6 Å². The fourth-order valence-corrected chi connectivity index (χ4v) is 3.48. The minimum Gasteiger partial charge on any atom is -0.325 e. The quantitative estimate of drug-likeness (QED) is 0.449. The number of hydrogen-bond acceptors (Lipinski definition) is 1. The molecule has 0 saturated carbocycles. The van der Waals surface area contributed by atoms with Gasteiger partial charge in [-0.25, -0.2) is 0 Å². The third-order valence-electron chi connectivity index (χ3n) is 4.92.